The van der Waals surface area contributed by atoms with E-state index in [-0.39, 0.29) is 0 Å². The second-order valence-corrected chi connectivity index (χ2v) is 5.42. The monoisotopic (exact) mass is 206 g/mol. The Labute approximate surface area is 95.5 Å². The lowest BCUT2D eigenvalue weighted by atomic mass is 9.84. The van der Waals surface area contributed by atoms with Crippen LogP contribution in [-0.2, 0) is 0 Å². The smallest absolute Gasteiger partial charge is 0.0288 e. The molecule has 86 valence electrons. The quantitative estimate of drug-likeness (QED) is 0.523. The summed E-state index contributed by atoms with van der Waals surface area (Å²) < 4.78 is 0. The van der Waals surface area contributed by atoms with E-state index in [1.807, 2.05) is 0 Å². The summed E-state index contributed by atoms with van der Waals surface area (Å²) in [5.74, 6) is 1.72. The Morgan fingerprint density at radius 1 is 1.20 bits per heavy atom. The van der Waals surface area contributed by atoms with Gasteiger partial charge >= 0.3 is 0 Å². The minimum Gasteiger partial charge on any atom is -0.0999 e. The van der Waals surface area contributed by atoms with Crippen LogP contribution < -0.4 is 0 Å². The molecular weight excluding hydrogens is 180 g/mol. The first-order chi connectivity index (χ1) is 7.09. The Kier molecular flexibility index (Phi) is 5.14. The Hall–Kier alpha value is -0.520. The predicted molar refractivity (Wildman–Crippen MR) is 68.9 cm³/mol. The highest BCUT2D eigenvalue weighted by atomic mass is 14.2. The molecule has 0 fully saturated rings. The van der Waals surface area contributed by atoms with Crippen LogP contribution in [0.5, 0.6) is 0 Å². The molecule has 0 heteroatoms. The van der Waals surface area contributed by atoms with Gasteiger partial charge in [-0.15, -0.1) is 0 Å². The molecule has 0 aromatic rings. The van der Waals surface area contributed by atoms with Crippen LogP contribution in [0, 0.1) is 11.8 Å². The molecule has 0 aliphatic heterocycles. The third-order valence-electron chi connectivity index (χ3n) is 3.71. The number of hydrogen-bond donors (Lipinski definition) is 0. The zero-order valence-electron chi connectivity index (χ0n) is 10.7. The van der Waals surface area contributed by atoms with Gasteiger partial charge in [-0.3, -0.25) is 0 Å². The minimum atomic E-state index is 0.824. The van der Waals surface area contributed by atoms with E-state index in [2.05, 4.69) is 33.4 Å². The van der Waals surface area contributed by atoms with Crippen molar-refractivity contribution in [3.05, 3.63) is 23.8 Å². The van der Waals surface area contributed by atoms with Crippen molar-refractivity contribution in [2.75, 3.05) is 0 Å². The van der Waals surface area contributed by atoms with E-state index in [0.29, 0.717) is 0 Å². The molecule has 0 aromatic heterocycles. The van der Waals surface area contributed by atoms with Gasteiger partial charge in [-0.1, -0.05) is 37.6 Å². The Balaban J connectivity index is 2.59. The molecule has 1 atom stereocenters. The summed E-state index contributed by atoms with van der Waals surface area (Å²) in [4.78, 5) is 0. The number of rotatable bonds is 1. The maximum absolute atomic E-state index is 4.18. The van der Waals surface area contributed by atoms with E-state index in [0.717, 1.165) is 11.8 Å². The van der Waals surface area contributed by atoms with Crippen LogP contribution in [0.25, 0.3) is 0 Å². The zero-order chi connectivity index (χ0) is 11.3. The third kappa shape index (κ3) is 4.68. The van der Waals surface area contributed by atoms with Gasteiger partial charge in [0.2, 0.25) is 0 Å². The standard InChI is InChI=1S/C15H26/c1-12(2)15-10-8-13(3)6-5-7-14(4)9-11-15/h7,12,15H,3,5-6,8-11H2,1-2,4H3/b14-7+/t15-/m0/s1. The molecule has 0 amide bonds. The zero-order valence-corrected chi connectivity index (χ0v) is 10.7. The Morgan fingerprint density at radius 3 is 2.53 bits per heavy atom. The van der Waals surface area contributed by atoms with Gasteiger partial charge in [0.05, 0.1) is 0 Å². The summed E-state index contributed by atoms with van der Waals surface area (Å²) >= 11 is 0. The molecule has 0 nitrogen and oxygen atoms in total. The summed E-state index contributed by atoms with van der Waals surface area (Å²) in [7, 11) is 0. The summed E-state index contributed by atoms with van der Waals surface area (Å²) in [5.41, 5.74) is 3.03. The SMILES string of the molecule is C=C1CC/C=C(\C)CC[C@@H](C(C)C)CC1. The van der Waals surface area contributed by atoms with E-state index in [9.17, 15) is 0 Å². The molecule has 1 aliphatic carbocycles. The Morgan fingerprint density at radius 2 is 1.87 bits per heavy atom. The minimum absolute atomic E-state index is 0.824. The lowest BCUT2D eigenvalue weighted by molar-refractivity contribution is 0.334. The summed E-state index contributed by atoms with van der Waals surface area (Å²) in [6.45, 7) is 11.2. The van der Waals surface area contributed by atoms with Crippen LogP contribution in [0.4, 0.5) is 0 Å². The fourth-order valence-corrected chi connectivity index (χ4v) is 2.36. The molecule has 1 aliphatic rings. The van der Waals surface area contributed by atoms with Gasteiger partial charge in [-0.2, -0.15) is 0 Å². The highest BCUT2D eigenvalue weighted by molar-refractivity contribution is 5.04. The molecule has 0 radical (unpaired) electrons. The largest absolute Gasteiger partial charge is 0.0999 e. The highest BCUT2D eigenvalue weighted by Crippen LogP contribution is 2.28. The highest BCUT2D eigenvalue weighted by Gasteiger charge is 2.14. The maximum atomic E-state index is 4.18. The molecule has 0 bridgehead atoms. The fraction of sp³-hybridized carbons (Fsp3) is 0.733. The normalized spacial score (nSPS) is 28.7. The molecule has 0 saturated heterocycles. The first-order valence-electron chi connectivity index (χ1n) is 6.42. The van der Waals surface area contributed by atoms with Gasteiger partial charge in [0.25, 0.3) is 0 Å². The molecule has 0 N–H and O–H groups in total. The topological polar surface area (TPSA) is 0 Å². The second-order valence-electron chi connectivity index (χ2n) is 5.42. The number of hydrogen-bond acceptors (Lipinski definition) is 0. The van der Waals surface area contributed by atoms with Gasteiger partial charge in [-0.25, -0.2) is 0 Å². The van der Waals surface area contributed by atoms with E-state index in [1.54, 1.807) is 5.57 Å². The first kappa shape index (κ1) is 12.5. The first-order valence-corrected chi connectivity index (χ1v) is 6.42. The molecule has 1 rings (SSSR count). The fourth-order valence-electron chi connectivity index (χ4n) is 2.36. The van der Waals surface area contributed by atoms with Crippen LogP contribution in [0.3, 0.4) is 0 Å². The lowest BCUT2D eigenvalue weighted by Crippen LogP contribution is -2.10. The maximum Gasteiger partial charge on any atom is -0.0288 e. The van der Waals surface area contributed by atoms with Crippen LogP contribution in [0.1, 0.15) is 59.3 Å². The van der Waals surface area contributed by atoms with Crippen molar-refractivity contribution < 1.29 is 0 Å². The van der Waals surface area contributed by atoms with Crippen LogP contribution in [0.15, 0.2) is 23.8 Å². The lowest BCUT2D eigenvalue weighted by Gasteiger charge is -2.22. The van der Waals surface area contributed by atoms with Crippen molar-refractivity contribution in [3.63, 3.8) is 0 Å². The third-order valence-corrected chi connectivity index (χ3v) is 3.71. The molecular formula is C15H26. The van der Waals surface area contributed by atoms with Gasteiger partial charge < -0.3 is 0 Å². The average molecular weight is 206 g/mol. The van der Waals surface area contributed by atoms with Crippen molar-refractivity contribution in [3.8, 4) is 0 Å². The van der Waals surface area contributed by atoms with E-state index in [4.69, 9.17) is 0 Å². The van der Waals surface area contributed by atoms with E-state index < -0.39 is 0 Å². The average Bonchev–Trinajstić information content (AvgIpc) is 2.16. The Bertz CT molecular complexity index is 232. The van der Waals surface area contributed by atoms with Crippen molar-refractivity contribution in [2.24, 2.45) is 11.8 Å². The van der Waals surface area contributed by atoms with Gasteiger partial charge in [-0.05, 0) is 57.3 Å². The van der Waals surface area contributed by atoms with Crippen molar-refractivity contribution >= 4 is 0 Å². The van der Waals surface area contributed by atoms with Crippen LogP contribution >= 0.6 is 0 Å². The molecule has 0 saturated carbocycles. The van der Waals surface area contributed by atoms with Gasteiger partial charge in [0, 0.05) is 0 Å². The van der Waals surface area contributed by atoms with Crippen molar-refractivity contribution in [1.82, 2.24) is 0 Å². The summed E-state index contributed by atoms with van der Waals surface area (Å²) in [6.07, 6.45) is 10.1. The van der Waals surface area contributed by atoms with Crippen molar-refractivity contribution in [1.29, 1.82) is 0 Å². The van der Waals surface area contributed by atoms with Gasteiger partial charge in [0.1, 0.15) is 0 Å². The van der Waals surface area contributed by atoms with E-state index >= 15 is 0 Å². The molecule has 0 spiro atoms. The predicted octanol–water partition coefficient (Wildman–Crippen LogP) is 5.12. The summed E-state index contributed by atoms with van der Waals surface area (Å²) in [6, 6.07) is 0. The molecule has 0 aromatic carbocycles. The van der Waals surface area contributed by atoms with Crippen LogP contribution in [0.2, 0.25) is 0 Å². The summed E-state index contributed by atoms with van der Waals surface area (Å²) in [5, 5.41) is 0. The van der Waals surface area contributed by atoms with Crippen LogP contribution in [-0.4, -0.2) is 0 Å². The molecule has 15 heavy (non-hydrogen) atoms. The number of allylic oxidation sites excluding steroid dienone is 3. The molecule has 0 heterocycles. The van der Waals surface area contributed by atoms with Crippen molar-refractivity contribution in [2.45, 2.75) is 59.3 Å². The van der Waals surface area contributed by atoms with Gasteiger partial charge in [0.15, 0.2) is 0 Å². The van der Waals surface area contributed by atoms with E-state index in [1.165, 1.54) is 44.1 Å². The molecule has 0 unspecified atom stereocenters. The second kappa shape index (κ2) is 6.15.